The average Bonchev–Trinajstić information content (AvgIpc) is 3.72. The number of nitrogens with two attached hydrogens (primary N) is 1. The fourth-order valence-electron chi connectivity index (χ4n) is 6.77. The van der Waals surface area contributed by atoms with Gasteiger partial charge in [-0.15, -0.1) is 6.42 Å². The third-order valence-corrected chi connectivity index (χ3v) is 9.41. The van der Waals surface area contributed by atoms with Crippen LogP contribution in [0.4, 0.5) is 33.5 Å². The first-order valence-corrected chi connectivity index (χ1v) is 14.9. The van der Waals surface area contributed by atoms with Gasteiger partial charge in [-0.05, 0) is 37.6 Å². The lowest BCUT2D eigenvalue weighted by molar-refractivity contribution is -0.169. The number of terminal acetylenes is 1. The summed E-state index contributed by atoms with van der Waals surface area (Å²) >= 11 is 0. The Labute approximate surface area is 261 Å². The summed E-state index contributed by atoms with van der Waals surface area (Å²) in [6.07, 6.45) is 5.45. The van der Waals surface area contributed by atoms with E-state index >= 15 is 13.2 Å². The third-order valence-electron chi connectivity index (χ3n) is 9.41. The molecule has 0 bridgehead atoms. The van der Waals surface area contributed by atoms with Crippen LogP contribution >= 0.6 is 0 Å². The van der Waals surface area contributed by atoms with Crippen LogP contribution in [0.2, 0.25) is 0 Å². The summed E-state index contributed by atoms with van der Waals surface area (Å²) in [5.74, 6) is -2.56. The van der Waals surface area contributed by atoms with E-state index in [1.807, 2.05) is 0 Å². The second-order valence-corrected chi connectivity index (χ2v) is 12.7. The molecule has 2 saturated heterocycles. The molecule has 1 saturated carbocycles. The van der Waals surface area contributed by atoms with E-state index in [2.05, 4.69) is 20.9 Å². The minimum atomic E-state index is -3.04. The Balaban J connectivity index is 1.40. The van der Waals surface area contributed by atoms with E-state index in [0.29, 0.717) is 5.39 Å². The molecule has 4 heterocycles. The summed E-state index contributed by atoms with van der Waals surface area (Å²) in [4.78, 5) is 16.7. The minimum absolute atomic E-state index is 0.0518. The predicted molar refractivity (Wildman–Crippen MR) is 164 cm³/mol. The van der Waals surface area contributed by atoms with Crippen molar-refractivity contribution in [3.05, 3.63) is 47.7 Å². The van der Waals surface area contributed by atoms with Crippen molar-refractivity contribution in [3.8, 4) is 29.6 Å². The van der Waals surface area contributed by atoms with Crippen LogP contribution in [0.3, 0.4) is 0 Å². The summed E-state index contributed by atoms with van der Waals surface area (Å²) in [5, 5.41) is 0.859. The molecule has 2 aromatic carbocycles. The Hall–Kier alpha value is -4.28. The minimum Gasteiger partial charge on any atom is -0.463 e. The number of fused-ring (bicyclic) bond motifs is 3. The molecule has 2 aliphatic heterocycles. The van der Waals surface area contributed by atoms with Gasteiger partial charge in [-0.1, -0.05) is 12.0 Å². The van der Waals surface area contributed by atoms with Crippen LogP contribution in [0, 0.1) is 35.3 Å². The Kier molecular flexibility index (Phi) is 7.21. The molecule has 0 radical (unpaired) electrons. The number of rotatable bonds is 5. The topological polar surface area (TPSA) is 89.6 Å². The summed E-state index contributed by atoms with van der Waals surface area (Å²) in [5.41, 5.74) is 4.40. The normalized spacial score (nSPS) is 26.0. The van der Waals surface area contributed by atoms with E-state index < -0.39 is 47.7 Å². The standard InChI is InChI=1S/C33H31F5N6O2/c1-4-19-23(34)6-5-17-11-18(39)12-20(24(17)19)27-26(36)28-21(13-40-27)30(44-9-10-45-14-22-25(35)29(22)44)42-31(41-28)46-16-32(2)15-43(3)8-7-33(32,37)38/h1,5-6,11-13,22,25,29H,7-10,14-16,39H2,2-3H3/t22-,25-,29-,32-/m0/s1. The molecule has 8 nitrogen and oxygen atoms in total. The van der Waals surface area contributed by atoms with Crippen LogP contribution in [-0.2, 0) is 4.74 Å². The molecule has 13 heteroatoms. The lowest BCUT2D eigenvalue weighted by atomic mass is 9.79. The van der Waals surface area contributed by atoms with E-state index in [0.717, 1.165) is 0 Å². The third kappa shape index (κ3) is 4.86. The number of likely N-dealkylation sites (tertiary alicyclic amines) is 1. The molecule has 0 amide bonds. The molecule has 4 atom stereocenters. The van der Waals surface area contributed by atoms with Gasteiger partial charge in [0.15, 0.2) is 5.82 Å². The van der Waals surface area contributed by atoms with Crippen molar-refractivity contribution in [2.45, 2.75) is 31.5 Å². The van der Waals surface area contributed by atoms with Gasteiger partial charge >= 0.3 is 6.01 Å². The van der Waals surface area contributed by atoms with E-state index in [4.69, 9.17) is 21.6 Å². The molecule has 0 spiro atoms. The van der Waals surface area contributed by atoms with Gasteiger partial charge in [0.2, 0.25) is 0 Å². The summed E-state index contributed by atoms with van der Waals surface area (Å²) in [7, 11) is 1.75. The zero-order valence-electron chi connectivity index (χ0n) is 25.2. The van der Waals surface area contributed by atoms with Crippen LogP contribution < -0.4 is 15.4 Å². The molecule has 0 unspecified atom stereocenters. The molecule has 3 aliphatic rings. The quantitative estimate of drug-likeness (QED) is 0.181. The van der Waals surface area contributed by atoms with Gasteiger partial charge in [0.1, 0.15) is 35.6 Å². The summed E-state index contributed by atoms with van der Waals surface area (Å²) in [6, 6.07) is 4.78. The number of hydrogen-bond acceptors (Lipinski definition) is 8. The number of nitrogen functional groups attached to an aromatic ring is 1. The number of alkyl halides is 3. The first-order chi connectivity index (χ1) is 21.9. The molecular formula is C33H31F5N6O2. The second-order valence-electron chi connectivity index (χ2n) is 12.7. The number of halogens is 5. The van der Waals surface area contributed by atoms with Crippen molar-refractivity contribution < 1.29 is 31.4 Å². The second kappa shape index (κ2) is 10.9. The van der Waals surface area contributed by atoms with E-state index in [1.54, 1.807) is 22.9 Å². The maximum atomic E-state index is 16.7. The van der Waals surface area contributed by atoms with Crippen molar-refractivity contribution in [2.24, 2.45) is 11.3 Å². The molecule has 2 N–H and O–H groups in total. The average molecular weight is 639 g/mol. The Morgan fingerprint density at radius 2 is 2.00 bits per heavy atom. The zero-order chi connectivity index (χ0) is 32.5. The molecule has 3 fully saturated rings. The molecule has 46 heavy (non-hydrogen) atoms. The number of pyridine rings is 1. The highest BCUT2D eigenvalue weighted by Gasteiger charge is 2.57. The van der Waals surface area contributed by atoms with E-state index in [9.17, 15) is 8.78 Å². The monoisotopic (exact) mass is 638 g/mol. The van der Waals surface area contributed by atoms with Crippen LogP contribution in [0.1, 0.15) is 18.9 Å². The SMILES string of the molecule is C#Cc1c(F)ccc2cc(N)cc(-c3ncc4c(N5CCOC[C@H]6[C@H](F)[C@H]65)nc(OC[C@]5(C)CN(C)CCC5(F)F)nc4c3F)c12. The molecule has 7 rings (SSSR count). The predicted octanol–water partition coefficient (Wildman–Crippen LogP) is 5.22. The Bertz CT molecular complexity index is 1920. The van der Waals surface area contributed by atoms with Crippen molar-refractivity contribution in [2.75, 3.05) is 57.1 Å². The highest BCUT2D eigenvalue weighted by atomic mass is 19.3. The maximum Gasteiger partial charge on any atom is 0.319 e. The maximum absolute atomic E-state index is 16.7. The molecule has 2 aromatic heterocycles. The van der Waals surface area contributed by atoms with Crippen LogP contribution in [0.25, 0.3) is 32.9 Å². The van der Waals surface area contributed by atoms with Crippen molar-refractivity contribution in [1.82, 2.24) is 19.9 Å². The van der Waals surface area contributed by atoms with Gasteiger partial charge in [0.05, 0.1) is 35.6 Å². The van der Waals surface area contributed by atoms with Gasteiger partial charge in [0, 0.05) is 54.8 Å². The number of benzene rings is 2. The summed E-state index contributed by atoms with van der Waals surface area (Å²) < 4.78 is 88.1. The largest absolute Gasteiger partial charge is 0.463 e. The Morgan fingerprint density at radius 3 is 2.78 bits per heavy atom. The number of ether oxygens (including phenoxy) is 2. The van der Waals surface area contributed by atoms with Crippen LogP contribution in [-0.4, -0.2) is 84.5 Å². The number of hydrogen-bond donors (Lipinski definition) is 1. The number of anilines is 2. The van der Waals surface area contributed by atoms with Crippen LogP contribution in [0.5, 0.6) is 6.01 Å². The number of piperidine rings is 1. The first-order valence-electron chi connectivity index (χ1n) is 14.9. The highest BCUT2D eigenvalue weighted by Crippen LogP contribution is 2.46. The Morgan fingerprint density at radius 1 is 1.20 bits per heavy atom. The molecule has 4 aromatic rings. The van der Waals surface area contributed by atoms with Gasteiger partial charge in [-0.25, -0.2) is 22.0 Å². The number of aromatic nitrogens is 3. The van der Waals surface area contributed by atoms with Crippen molar-refractivity contribution in [3.63, 3.8) is 0 Å². The summed E-state index contributed by atoms with van der Waals surface area (Å²) in [6.45, 7) is 1.98. The van der Waals surface area contributed by atoms with Crippen molar-refractivity contribution in [1.29, 1.82) is 0 Å². The van der Waals surface area contributed by atoms with Crippen LogP contribution in [0.15, 0.2) is 30.5 Å². The lowest BCUT2D eigenvalue weighted by Crippen LogP contribution is -2.55. The highest BCUT2D eigenvalue weighted by molar-refractivity contribution is 6.03. The molecule has 240 valence electrons. The molecule has 1 aliphatic carbocycles. The van der Waals surface area contributed by atoms with E-state index in [1.165, 1.54) is 31.3 Å². The van der Waals surface area contributed by atoms with Gasteiger partial charge in [0.25, 0.3) is 5.92 Å². The lowest BCUT2D eigenvalue weighted by Gasteiger charge is -2.44. The smallest absolute Gasteiger partial charge is 0.319 e. The zero-order valence-corrected chi connectivity index (χ0v) is 25.2. The van der Waals surface area contributed by atoms with Gasteiger partial charge < -0.3 is 25.0 Å². The molecular weight excluding hydrogens is 607 g/mol. The fraction of sp³-hybridized carbons (Fsp3) is 0.424. The van der Waals surface area contributed by atoms with Gasteiger partial charge in [-0.2, -0.15) is 9.97 Å². The van der Waals surface area contributed by atoms with Gasteiger partial charge in [-0.3, -0.25) is 4.98 Å². The number of nitrogens with zero attached hydrogens (tertiary/aromatic N) is 5. The fourth-order valence-corrected chi connectivity index (χ4v) is 6.77. The first kappa shape index (κ1) is 30.4. The van der Waals surface area contributed by atoms with E-state index in [-0.39, 0.29) is 89.9 Å². The van der Waals surface area contributed by atoms with Crippen molar-refractivity contribution >= 4 is 33.2 Å².